The maximum absolute atomic E-state index is 6.13. The number of likely N-dealkylation sites (N-methyl/N-ethyl adjacent to an activating group) is 1. The molecule has 0 amide bonds. The molecular formula is C17H18ClN3. The lowest BCUT2D eigenvalue weighted by Gasteiger charge is -2.17. The SMILES string of the molecule is CN(CCc1ccccc1)c1nc2ccccn2c1CCl. The highest BCUT2D eigenvalue weighted by Gasteiger charge is 2.14. The second-order valence-corrected chi connectivity index (χ2v) is 5.37. The number of pyridine rings is 1. The van der Waals surface area contributed by atoms with E-state index in [4.69, 9.17) is 16.6 Å². The molecular weight excluding hydrogens is 282 g/mol. The van der Waals surface area contributed by atoms with E-state index in [9.17, 15) is 0 Å². The molecule has 0 saturated carbocycles. The summed E-state index contributed by atoms with van der Waals surface area (Å²) in [6.45, 7) is 0.914. The van der Waals surface area contributed by atoms with Gasteiger partial charge in [0.25, 0.3) is 0 Å². The molecule has 0 aliphatic carbocycles. The Morgan fingerprint density at radius 1 is 1.10 bits per heavy atom. The van der Waals surface area contributed by atoms with Crippen molar-refractivity contribution in [2.75, 3.05) is 18.5 Å². The summed E-state index contributed by atoms with van der Waals surface area (Å²) in [4.78, 5) is 6.88. The average molecular weight is 300 g/mol. The van der Waals surface area contributed by atoms with Gasteiger partial charge < -0.3 is 9.30 Å². The maximum Gasteiger partial charge on any atom is 0.152 e. The zero-order chi connectivity index (χ0) is 14.7. The number of imidazole rings is 1. The number of fused-ring (bicyclic) bond motifs is 1. The van der Waals surface area contributed by atoms with Gasteiger partial charge in [0.15, 0.2) is 5.82 Å². The number of benzene rings is 1. The van der Waals surface area contributed by atoms with Gasteiger partial charge in [-0.25, -0.2) is 4.98 Å². The predicted octanol–water partition coefficient (Wildman–Crippen LogP) is 3.75. The normalized spacial score (nSPS) is 11.0. The number of anilines is 1. The Morgan fingerprint density at radius 3 is 2.62 bits per heavy atom. The van der Waals surface area contributed by atoms with Crippen LogP contribution in [0.3, 0.4) is 0 Å². The lowest BCUT2D eigenvalue weighted by Crippen LogP contribution is -2.21. The summed E-state index contributed by atoms with van der Waals surface area (Å²) in [5.74, 6) is 1.42. The monoisotopic (exact) mass is 299 g/mol. The van der Waals surface area contributed by atoms with Crippen molar-refractivity contribution in [2.45, 2.75) is 12.3 Å². The maximum atomic E-state index is 6.13. The molecule has 2 heterocycles. The van der Waals surface area contributed by atoms with E-state index >= 15 is 0 Å². The van der Waals surface area contributed by atoms with Gasteiger partial charge in [0.05, 0.1) is 11.6 Å². The molecule has 0 aliphatic rings. The van der Waals surface area contributed by atoms with Crippen LogP contribution in [-0.4, -0.2) is 23.0 Å². The van der Waals surface area contributed by atoms with E-state index in [1.165, 1.54) is 5.56 Å². The van der Waals surface area contributed by atoms with Gasteiger partial charge in [-0.1, -0.05) is 36.4 Å². The Bertz CT molecular complexity index is 721. The third kappa shape index (κ3) is 2.88. The molecule has 0 saturated heterocycles. The predicted molar refractivity (Wildman–Crippen MR) is 88.2 cm³/mol. The van der Waals surface area contributed by atoms with Crippen LogP contribution in [0.2, 0.25) is 0 Å². The van der Waals surface area contributed by atoms with Crippen LogP contribution in [0.4, 0.5) is 5.82 Å². The fraction of sp³-hybridized carbons (Fsp3) is 0.235. The van der Waals surface area contributed by atoms with E-state index in [0.29, 0.717) is 5.88 Å². The molecule has 3 nitrogen and oxygen atoms in total. The lowest BCUT2D eigenvalue weighted by molar-refractivity contribution is 0.858. The summed E-state index contributed by atoms with van der Waals surface area (Å²) >= 11 is 6.13. The molecule has 3 aromatic rings. The first kappa shape index (κ1) is 14.0. The molecule has 0 radical (unpaired) electrons. The molecule has 0 aliphatic heterocycles. The van der Waals surface area contributed by atoms with E-state index in [1.807, 2.05) is 30.5 Å². The number of halogens is 1. The molecule has 3 rings (SSSR count). The van der Waals surface area contributed by atoms with E-state index in [-0.39, 0.29) is 0 Å². The number of rotatable bonds is 5. The molecule has 0 N–H and O–H groups in total. The van der Waals surface area contributed by atoms with Crippen LogP contribution >= 0.6 is 11.6 Å². The van der Waals surface area contributed by atoms with Crippen molar-refractivity contribution in [1.82, 2.24) is 9.38 Å². The molecule has 0 atom stereocenters. The van der Waals surface area contributed by atoms with Crippen molar-refractivity contribution in [3.05, 3.63) is 66.0 Å². The minimum absolute atomic E-state index is 0.455. The van der Waals surface area contributed by atoms with Gasteiger partial charge in [0, 0.05) is 19.8 Å². The van der Waals surface area contributed by atoms with Gasteiger partial charge in [-0.2, -0.15) is 0 Å². The van der Waals surface area contributed by atoms with Gasteiger partial charge >= 0.3 is 0 Å². The van der Waals surface area contributed by atoms with E-state index in [2.05, 4.69) is 40.6 Å². The smallest absolute Gasteiger partial charge is 0.152 e. The topological polar surface area (TPSA) is 20.5 Å². The van der Waals surface area contributed by atoms with Crippen molar-refractivity contribution >= 4 is 23.1 Å². The van der Waals surface area contributed by atoms with Crippen molar-refractivity contribution < 1.29 is 0 Å². The third-order valence-electron chi connectivity index (χ3n) is 3.67. The summed E-state index contributed by atoms with van der Waals surface area (Å²) in [7, 11) is 2.07. The molecule has 0 spiro atoms. The van der Waals surface area contributed by atoms with E-state index in [0.717, 1.165) is 30.1 Å². The molecule has 21 heavy (non-hydrogen) atoms. The summed E-state index contributed by atoms with van der Waals surface area (Å²) in [5.41, 5.74) is 3.32. The minimum Gasteiger partial charge on any atom is -0.358 e. The molecule has 108 valence electrons. The Labute approximate surface area is 129 Å². The molecule has 0 bridgehead atoms. The van der Waals surface area contributed by atoms with Crippen molar-refractivity contribution in [3.8, 4) is 0 Å². The second kappa shape index (κ2) is 6.19. The lowest BCUT2D eigenvalue weighted by atomic mass is 10.1. The zero-order valence-corrected chi connectivity index (χ0v) is 12.8. The zero-order valence-electron chi connectivity index (χ0n) is 12.0. The molecule has 0 fully saturated rings. The number of hydrogen-bond acceptors (Lipinski definition) is 2. The van der Waals surface area contributed by atoms with Crippen LogP contribution in [0, 0.1) is 0 Å². The van der Waals surface area contributed by atoms with E-state index < -0.39 is 0 Å². The minimum atomic E-state index is 0.455. The number of alkyl halides is 1. The first-order chi connectivity index (χ1) is 10.3. The van der Waals surface area contributed by atoms with Gasteiger partial charge in [-0.05, 0) is 24.1 Å². The fourth-order valence-corrected chi connectivity index (χ4v) is 2.76. The Balaban J connectivity index is 1.82. The van der Waals surface area contributed by atoms with Crippen LogP contribution in [0.25, 0.3) is 5.65 Å². The molecule has 0 unspecified atom stereocenters. The summed E-state index contributed by atoms with van der Waals surface area (Å²) in [6.07, 6.45) is 3.00. The van der Waals surface area contributed by atoms with Gasteiger partial charge in [0.1, 0.15) is 5.65 Å². The van der Waals surface area contributed by atoms with Crippen LogP contribution in [0.5, 0.6) is 0 Å². The standard InChI is InChI=1S/C17H18ClN3/c1-20(12-10-14-7-3-2-4-8-14)17-15(13-18)21-11-6-5-9-16(21)19-17/h2-9,11H,10,12-13H2,1H3. The largest absolute Gasteiger partial charge is 0.358 e. The van der Waals surface area contributed by atoms with Crippen molar-refractivity contribution in [3.63, 3.8) is 0 Å². The summed E-state index contributed by atoms with van der Waals surface area (Å²) in [6, 6.07) is 16.5. The first-order valence-electron chi connectivity index (χ1n) is 7.06. The Hall–Kier alpha value is -2.00. The summed E-state index contributed by atoms with van der Waals surface area (Å²) < 4.78 is 2.06. The number of hydrogen-bond donors (Lipinski definition) is 0. The van der Waals surface area contributed by atoms with Gasteiger partial charge in [0.2, 0.25) is 0 Å². The molecule has 1 aromatic carbocycles. The van der Waals surface area contributed by atoms with Crippen LogP contribution in [0.15, 0.2) is 54.7 Å². The van der Waals surface area contributed by atoms with Crippen molar-refractivity contribution in [1.29, 1.82) is 0 Å². The fourth-order valence-electron chi connectivity index (χ4n) is 2.51. The van der Waals surface area contributed by atoms with Gasteiger partial charge in [-0.3, -0.25) is 0 Å². The van der Waals surface area contributed by atoms with Gasteiger partial charge in [-0.15, -0.1) is 11.6 Å². The Morgan fingerprint density at radius 2 is 1.86 bits per heavy atom. The van der Waals surface area contributed by atoms with Crippen LogP contribution in [0.1, 0.15) is 11.3 Å². The van der Waals surface area contributed by atoms with E-state index in [1.54, 1.807) is 0 Å². The number of aromatic nitrogens is 2. The highest BCUT2D eigenvalue weighted by Crippen LogP contribution is 2.22. The Kier molecular flexibility index (Phi) is 4.11. The second-order valence-electron chi connectivity index (χ2n) is 5.10. The summed E-state index contributed by atoms with van der Waals surface area (Å²) in [5, 5.41) is 0. The average Bonchev–Trinajstić information content (AvgIpc) is 2.92. The molecule has 4 heteroatoms. The highest BCUT2D eigenvalue weighted by molar-refractivity contribution is 6.17. The van der Waals surface area contributed by atoms with Crippen LogP contribution in [-0.2, 0) is 12.3 Å². The number of nitrogens with zero attached hydrogens (tertiary/aromatic N) is 3. The quantitative estimate of drug-likeness (QED) is 0.669. The molecule has 2 aromatic heterocycles. The van der Waals surface area contributed by atoms with Crippen LogP contribution < -0.4 is 4.90 Å². The highest BCUT2D eigenvalue weighted by atomic mass is 35.5. The van der Waals surface area contributed by atoms with Crippen molar-refractivity contribution in [2.24, 2.45) is 0 Å². The first-order valence-corrected chi connectivity index (χ1v) is 7.60. The third-order valence-corrected chi connectivity index (χ3v) is 3.93.